The van der Waals surface area contributed by atoms with E-state index >= 15 is 0 Å². The summed E-state index contributed by atoms with van der Waals surface area (Å²) in [6, 6.07) is 4.68. The van der Waals surface area contributed by atoms with Gasteiger partial charge in [0.05, 0.1) is 6.61 Å². The van der Waals surface area contributed by atoms with E-state index in [2.05, 4.69) is 4.98 Å². The molecule has 2 nitrogen and oxygen atoms in total. The summed E-state index contributed by atoms with van der Waals surface area (Å²) in [5.74, 6) is -0.289. The third-order valence-electron chi connectivity index (χ3n) is 2.33. The molecule has 0 bridgehead atoms. The molecular formula is C11H10FNO. The van der Waals surface area contributed by atoms with E-state index in [9.17, 15) is 4.39 Å². The number of aryl methyl sites for hydroxylation is 1. The molecule has 0 aliphatic heterocycles. The van der Waals surface area contributed by atoms with Crippen molar-refractivity contribution in [3.8, 4) is 0 Å². The lowest BCUT2D eigenvalue weighted by Crippen LogP contribution is -1.92. The molecule has 14 heavy (non-hydrogen) atoms. The Morgan fingerprint density at radius 3 is 2.86 bits per heavy atom. The molecule has 0 unspecified atom stereocenters. The fourth-order valence-corrected chi connectivity index (χ4v) is 1.62. The summed E-state index contributed by atoms with van der Waals surface area (Å²) in [7, 11) is 0. The van der Waals surface area contributed by atoms with Crippen LogP contribution in [0.2, 0.25) is 0 Å². The number of hydrogen-bond donors (Lipinski definition) is 1. The Hall–Kier alpha value is -1.48. The second kappa shape index (κ2) is 3.35. The summed E-state index contributed by atoms with van der Waals surface area (Å²) in [6.45, 7) is 1.67. The van der Waals surface area contributed by atoms with Gasteiger partial charge < -0.3 is 5.11 Å². The monoisotopic (exact) mass is 191 g/mol. The van der Waals surface area contributed by atoms with Crippen LogP contribution >= 0.6 is 0 Å². The third kappa shape index (κ3) is 1.26. The number of benzene rings is 1. The van der Waals surface area contributed by atoms with E-state index in [0.717, 1.165) is 10.9 Å². The second-order valence-electron chi connectivity index (χ2n) is 3.18. The maximum Gasteiger partial charge on any atom is 0.132 e. The molecule has 2 rings (SSSR count). The first kappa shape index (κ1) is 9.09. The minimum atomic E-state index is -0.289. The fraction of sp³-hybridized carbons (Fsp3) is 0.182. The summed E-state index contributed by atoms with van der Waals surface area (Å²) < 4.78 is 13.4. The van der Waals surface area contributed by atoms with Gasteiger partial charge in [0.15, 0.2) is 0 Å². The van der Waals surface area contributed by atoms with E-state index in [-0.39, 0.29) is 12.4 Å². The van der Waals surface area contributed by atoms with Crippen molar-refractivity contribution in [2.24, 2.45) is 0 Å². The number of fused-ring (bicyclic) bond motifs is 1. The molecule has 0 radical (unpaired) electrons. The molecule has 0 fully saturated rings. The largest absolute Gasteiger partial charge is 0.392 e. The molecule has 1 heterocycles. The predicted octanol–water partition coefficient (Wildman–Crippen LogP) is 2.17. The number of aliphatic hydroxyl groups is 1. The standard InChI is InChI=1S/C11H10FNO/c1-7-11-9(4-5-13-7)8(6-14)2-3-10(11)12/h2-5,14H,6H2,1H3. The van der Waals surface area contributed by atoms with Crippen LogP contribution < -0.4 is 0 Å². The lowest BCUT2D eigenvalue weighted by molar-refractivity contribution is 0.283. The van der Waals surface area contributed by atoms with E-state index in [4.69, 9.17) is 5.11 Å². The zero-order chi connectivity index (χ0) is 10.1. The van der Waals surface area contributed by atoms with Gasteiger partial charge in [0.1, 0.15) is 5.82 Å². The molecule has 0 atom stereocenters. The maximum absolute atomic E-state index is 13.4. The Balaban J connectivity index is 2.91. The minimum absolute atomic E-state index is 0.0831. The average Bonchev–Trinajstić information content (AvgIpc) is 2.18. The highest BCUT2D eigenvalue weighted by Crippen LogP contribution is 2.23. The molecule has 1 aromatic carbocycles. The van der Waals surface area contributed by atoms with Crippen molar-refractivity contribution in [1.29, 1.82) is 0 Å². The fourth-order valence-electron chi connectivity index (χ4n) is 1.62. The molecule has 3 heteroatoms. The third-order valence-corrected chi connectivity index (χ3v) is 2.33. The van der Waals surface area contributed by atoms with Crippen LogP contribution in [-0.4, -0.2) is 10.1 Å². The van der Waals surface area contributed by atoms with Crippen molar-refractivity contribution >= 4 is 10.8 Å². The van der Waals surface area contributed by atoms with Gasteiger partial charge in [0.25, 0.3) is 0 Å². The SMILES string of the molecule is Cc1nccc2c(CO)ccc(F)c12. The highest BCUT2D eigenvalue weighted by atomic mass is 19.1. The maximum atomic E-state index is 13.4. The average molecular weight is 191 g/mol. The Kier molecular flexibility index (Phi) is 2.17. The molecule has 0 aliphatic carbocycles. The van der Waals surface area contributed by atoms with Crippen LogP contribution in [-0.2, 0) is 6.61 Å². The number of hydrogen-bond acceptors (Lipinski definition) is 2. The molecule has 0 aliphatic rings. The van der Waals surface area contributed by atoms with Gasteiger partial charge in [-0.1, -0.05) is 6.07 Å². The van der Waals surface area contributed by atoms with Crippen LogP contribution in [0.25, 0.3) is 10.8 Å². The van der Waals surface area contributed by atoms with E-state index in [1.807, 2.05) is 0 Å². The number of aliphatic hydroxyl groups excluding tert-OH is 1. The van der Waals surface area contributed by atoms with Crippen LogP contribution in [0, 0.1) is 12.7 Å². The van der Waals surface area contributed by atoms with Crippen molar-refractivity contribution in [1.82, 2.24) is 4.98 Å². The van der Waals surface area contributed by atoms with E-state index < -0.39 is 0 Å². The predicted molar refractivity (Wildman–Crippen MR) is 52.4 cm³/mol. The molecule has 0 amide bonds. The minimum Gasteiger partial charge on any atom is -0.392 e. The van der Waals surface area contributed by atoms with Gasteiger partial charge >= 0.3 is 0 Å². The molecule has 0 spiro atoms. The van der Waals surface area contributed by atoms with Crippen molar-refractivity contribution in [3.63, 3.8) is 0 Å². The van der Waals surface area contributed by atoms with Crippen LogP contribution in [0.5, 0.6) is 0 Å². The quantitative estimate of drug-likeness (QED) is 0.749. The lowest BCUT2D eigenvalue weighted by atomic mass is 10.0. The molecule has 72 valence electrons. The van der Waals surface area contributed by atoms with Crippen molar-refractivity contribution in [2.75, 3.05) is 0 Å². The van der Waals surface area contributed by atoms with E-state index in [1.54, 1.807) is 25.3 Å². The van der Waals surface area contributed by atoms with Gasteiger partial charge in [-0.3, -0.25) is 4.98 Å². The molecule has 2 aromatic rings. The first-order chi connectivity index (χ1) is 6.74. The number of pyridine rings is 1. The van der Waals surface area contributed by atoms with Crippen molar-refractivity contribution in [3.05, 3.63) is 41.5 Å². The molecular weight excluding hydrogens is 181 g/mol. The number of rotatable bonds is 1. The first-order valence-corrected chi connectivity index (χ1v) is 4.37. The highest BCUT2D eigenvalue weighted by molar-refractivity contribution is 5.87. The number of aromatic nitrogens is 1. The van der Waals surface area contributed by atoms with Gasteiger partial charge in [-0.05, 0) is 30.0 Å². The zero-order valence-corrected chi connectivity index (χ0v) is 7.79. The summed E-state index contributed by atoms with van der Waals surface area (Å²) in [5.41, 5.74) is 1.38. The van der Waals surface area contributed by atoms with Crippen LogP contribution in [0.15, 0.2) is 24.4 Å². The second-order valence-corrected chi connectivity index (χ2v) is 3.18. The Bertz CT molecular complexity index is 474. The van der Waals surface area contributed by atoms with Crippen LogP contribution in [0.4, 0.5) is 4.39 Å². The Morgan fingerprint density at radius 2 is 2.14 bits per heavy atom. The summed E-state index contributed by atoms with van der Waals surface area (Å²) >= 11 is 0. The first-order valence-electron chi connectivity index (χ1n) is 4.37. The smallest absolute Gasteiger partial charge is 0.132 e. The van der Waals surface area contributed by atoms with Crippen LogP contribution in [0.3, 0.4) is 0 Å². The zero-order valence-electron chi connectivity index (χ0n) is 7.79. The summed E-state index contributed by atoms with van der Waals surface area (Å²) in [6.07, 6.45) is 1.62. The van der Waals surface area contributed by atoms with Gasteiger partial charge in [-0.2, -0.15) is 0 Å². The van der Waals surface area contributed by atoms with Gasteiger partial charge in [0, 0.05) is 17.3 Å². The highest BCUT2D eigenvalue weighted by Gasteiger charge is 2.07. The van der Waals surface area contributed by atoms with Crippen LogP contribution in [0.1, 0.15) is 11.3 Å². The molecule has 1 N–H and O–H groups in total. The summed E-state index contributed by atoms with van der Waals surface area (Å²) in [5, 5.41) is 10.3. The lowest BCUT2D eigenvalue weighted by Gasteiger charge is -2.06. The summed E-state index contributed by atoms with van der Waals surface area (Å²) in [4.78, 5) is 4.02. The number of halogens is 1. The van der Waals surface area contributed by atoms with Crippen molar-refractivity contribution < 1.29 is 9.50 Å². The number of nitrogens with zero attached hydrogens (tertiary/aromatic N) is 1. The molecule has 0 saturated carbocycles. The van der Waals surface area contributed by atoms with Gasteiger partial charge in [-0.15, -0.1) is 0 Å². The normalized spacial score (nSPS) is 10.8. The van der Waals surface area contributed by atoms with Gasteiger partial charge in [0.2, 0.25) is 0 Å². The van der Waals surface area contributed by atoms with E-state index in [1.165, 1.54) is 6.07 Å². The van der Waals surface area contributed by atoms with Crippen molar-refractivity contribution in [2.45, 2.75) is 13.5 Å². The Morgan fingerprint density at radius 1 is 1.36 bits per heavy atom. The molecule has 1 aromatic heterocycles. The topological polar surface area (TPSA) is 33.1 Å². The van der Waals surface area contributed by atoms with E-state index in [0.29, 0.717) is 11.1 Å². The Labute approximate surface area is 81.0 Å². The van der Waals surface area contributed by atoms with Gasteiger partial charge in [-0.25, -0.2) is 4.39 Å². The molecule has 0 saturated heterocycles.